The molecule has 0 fully saturated rings. The molecule has 6 heteroatoms. The van der Waals surface area contributed by atoms with Crippen molar-refractivity contribution < 1.29 is 4.79 Å². The fourth-order valence-corrected chi connectivity index (χ4v) is 2.26. The van der Waals surface area contributed by atoms with Crippen LogP contribution in [0.5, 0.6) is 0 Å². The van der Waals surface area contributed by atoms with E-state index >= 15 is 0 Å². The van der Waals surface area contributed by atoms with E-state index in [0.29, 0.717) is 5.69 Å². The fourth-order valence-electron chi connectivity index (χ4n) is 2.26. The first-order valence-electron chi connectivity index (χ1n) is 5.88. The van der Waals surface area contributed by atoms with Gasteiger partial charge in [-0.2, -0.15) is 5.10 Å². The lowest BCUT2D eigenvalue weighted by Gasteiger charge is -2.06. The molecule has 2 aromatic rings. The zero-order chi connectivity index (χ0) is 12.5. The van der Waals surface area contributed by atoms with Gasteiger partial charge >= 0.3 is 0 Å². The highest BCUT2D eigenvalue weighted by atomic mass is 16.2. The number of carbonyl (C=O) groups excluding carboxylic acids is 1. The number of nitrogens with one attached hydrogen (secondary N) is 1. The highest BCUT2D eigenvalue weighted by molar-refractivity contribution is 6.02. The van der Waals surface area contributed by atoms with Crippen LogP contribution < -0.4 is 5.32 Å². The molecule has 0 radical (unpaired) electrons. The van der Waals surface area contributed by atoms with Gasteiger partial charge in [0.1, 0.15) is 11.5 Å². The normalized spacial score (nSPS) is 13.4. The fraction of sp³-hybridized carbons (Fsp3) is 0.333. The maximum Gasteiger partial charge on any atom is 0.277 e. The third kappa shape index (κ3) is 1.75. The number of carbonyl (C=O) groups is 1. The monoisotopic (exact) mass is 243 g/mol. The smallest absolute Gasteiger partial charge is 0.277 e. The van der Waals surface area contributed by atoms with Crippen LogP contribution >= 0.6 is 0 Å². The lowest BCUT2D eigenvalue weighted by Crippen LogP contribution is -2.17. The number of fused-ring (bicyclic) bond motifs is 1. The number of hydrogen-bond donors (Lipinski definition) is 1. The molecule has 6 nitrogen and oxygen atoms in total. The van der Waals surface area contributed by atoms with Crippen molar-refractivity contribution in [1.29, 1.82) is 0 Å². The van der Waals surface area contributed by atoms with Crippen LogP contribution in [0.15, 0.2) is 18.6 Å². The van der Waals surface area contributed by atoms with Gasteiger partial charge in [-0.1, -0.05) is 0 Å². The van der Waals surface area contributed by atoms with Crippen molar-refractivity contribution in [2.24, 2.45) is 7.05 Å². The molecule has 1 aliphatic rings. The number of rotatable bonds is 2. The summed E-state index contributed by atoms with van der Waals surface area (Å²) in [5, 5.41) is 7.27. The van der Waals surface area contributed by atoms with Gasteiger partial charge in [0.25, 0.3) is 5.91 Å². The van der Waals surface area contributed by atoms with Crippen molar-refractivity contribution in [3.63, 3.8) is 0 Å². The van der Waals surface area contributed by atoms with Crippen LogP contribution in [-0.2, 0) is 19.9 Å². The lowest BCUT2D eigenvalue weighted by molar-refractivity contribution is 0.102. The van der Waals surface area contributed by atoms with Crippen LogP contribution in [0.25, 0.3) is 0 Å². The van der Waals surface area contributed by atoms with Gasteiger partial charge in [0.05, 0.1) is 11.9 Å². The Kier molecular flexibility index (Phi) is 2.55. The Balaban J connectivity index is 1.87. The van der Waals surface area contributed by atoms with Crippen molar-refractivity contribution in [3.8, 4) is 0 Å². The third-order valence-electron chi connectivity index (χ3n) is 3.10. The van der Waals surface area contributed by atoms with Gasteiger partial charge in [-0.3, -0.25) is 14.5 Å². The average Bonchev–Trinajstić information content (AvgIpc) is 2.94. The molecular weight excluding hydrogens is 230 g/mol. The second-order valence-corrected chi connectivity index (χ2v) is 4.30. The first-order chi connectivity index (χ1) is 8.75. The highest BCUT2D eigenvalue weighted by Crippen LogP contribution is 2.28. The molecular formula is C12H13N5O. The molecule has 0 spiro atoms. The van der Waals surface area contributed by atoms with E-state index in [1.165, 1.54) is 12.4 Å². The summed E-state index contributed by atoms with van der Waals surface area (Å²) in [5.41, 5.74) is 2.55. The summed E-state index contributed by atoms with van der Waals surface area (Å²) in [6, 6.07) is 0. The second kappa shape index (κ2) is 4.21. The molecule has 1 N–H and O–H groups in total. The number of hydrogen-bond acceptors (Lipinski definition) is 4. The lowest BCUT2D eigenvalue weighted by atomic mass is 10.2. The van der Waals surface area contributed by atoms with E-state index in [2.05, 4.69) is 20.4 Å². The molecule has 92 valence electrons. The summed E-state index contributed by atoms with van der Waals surface area (Å²) in [6.07, 6.45) is 7.56. The molecule has 2 aromatic heterocycles. The minimum atomic E-state index is -0.249. The van der Waals surface area contributed by atoms with E-state index in [4.69, 9.17) is 0 Å². The van der Waals surface area contributed by atoms with Gasteiger partial charge in [-0.15, -0.1) is 0 Å². The number of amides is 1. The van der Waals surface area contributed by atoms with Crippen molar-refractivity contribution in [1.82, 2.24) is 19.7 Å². The zero-order valence-corrected chi connectivity index (χ0v) is 10.1. The summed E-state index contributed by atoms with van der Waals surface area (Å²) in [4.78, 5) is 19.9. The molecule has 1 amide bonds. The van der Waals surface area contributed by atoms with Crippen LogP contribution in [0.4, 0.5) is 5.82 Å². The number of aromatic nitrogens is 4. The molecule has 0 saturated heterocycles. The maximum atomic E-state index is 12.0. The number of anilines is 1. The van der Waals surface area contributed by atoms with E-state index in [0.717, 1.165) is 36.3 Å². The molecule has 0 bridgehead atoms. The minimum Gasteiger partial charge on any atom is -0.305 e. The third-order valence-corrected chi connectivity index (χ3v) is 3.10. The summed E-state index contributed by atoms with van der Waals surface area (Å²) < 4.78 is 1.72. The van der Waals surface area contributed by atoms with Crippen LogP contribution in [-0.4, -0.2) is 25.7 Å². The topological polar surface area (TPSA) is 72.7 Å². The van der Waals surface area contributed by atoms with Crippen molar-refractivity contribution in [3.05, 3.63) is 35.5 Å². The highest BCUT2D eigenvalue weighted by Gasteiger charge is 2.22. The standard InChI is InChI=1S/C12H13N5O/c1-17-11(8-3-2-4-9(8)16-17)15-12(18)10-7-13-5-6-14-10/h5-7H,2-4H2,1H3,(H,15,18). The maximum absolute atomic E-state index is 12.0. The van der Waals surface area contributed by atoms with Gasteiger partial charge in [-0.05, 0) is 19.3 Å². The Hall–Kier alpha value is -2.24. The molecule has 0 aromatic carbocycles. The molecule has 0 aliphatic heterocycles. The van der Waals surface area contributed by atoms with Crippen LogP contribution in [0, 0.1) is 0 Å². The molecule has 18 heavy (non-hydrogen) atoms. The Bertz CT molecular complexity index is 590. The van der Waals surface area contributed by atoms with Crippen molar-refractivity contribution in [2.45, 2.75) is 19.3 Å². The van der Waals surface area contributed by atoms with E-state index in [1.54, 1.807) is 10.9 Å². The van der Waals surface area contributed by atoms with Crippen molar-refractivity contribution >= 4 is 11.7 Å². The Morgan fingerprint density at radius 3 is 3.06 bits per heavy atom. The van der Waals surface area contributed by atoms with Crippen molar-refractivity contribution in [2.75, 3.05) is 5.32 Å². The van der Waals surface area contributed by atoms with E-state index < -0.39 is 0 Å². The van der Waals surface area contributed by atoms with Gasteiger partial charge in [-0.25, -0.2) is 4.98 Å². The zero-order valence-electron chi connectivity index (χ0n) is 10.1. The Morgan fingerprint density at radius 1 is 1.39 bits per heavy atom. The average molecular weight is 243 g/mol. The minimum absolute atomic E-state index is 0.249. The summed E-state index contributed by atoms with van der Waals surface area (Å²) in [6.45, 7) is 0. The molecule has 3 rings (SSSR count). The Labute approximate surface area is 104 Å². The molecule has 0 atom stereocenters. The summed E-state index contributed by atoms with van der Waals surface area (Å²) in [5.74, 6) is 0.527. The SMILES string of the molecule is Cn1nc2c(c1NC(=O)c1cnccn1)CCC2. The van der Waals surface area contributed by atoms with Gasteiger partial charge < -0.3 is 5.32 Å². The molecule has 0 saturated carbocycles. The van der Waals surface area contributed by atoms with Crippen LogP contribution in [0.2, 0.25) is 0 Å². The second-order valence-electron chi connectivity index (χ2n) is 4.30. The molecule has 1 aliphatic carbocycles. The van der Waals surface area contributed by atoms with Crippen LogP contribution in [0.3, 0.4) is 0 Å². The van der Waals surface area contributed by atoms with E-state index in [-0.39, 0.29) is 5.91 Å². The predicted molar refractivity (Wildman–Crippen MR) is 65.2 cm³/mol. The predicted octanol–water partition coefficient (Wildman–Crippen LogP) is 0.951. The first-order valence-corrected chi connectivity index (χ1v) is 5.88. The summed E-state index contributed by atoms with van der Waals surface area (Å²) >= 11 is 0. The van der Waals surface area contributed by atoms with Gasteiger partial charge in [0, 0.05) is 25.0 Å². The van der Waals surface area contributed by atoms with Gasteiger partial charge in [0.15, 0.2) is 0 Å². The number of nitrogens with zero attached hydrogens (tertiary/aromatic N) is 4. The van der Waals surface area contributed by atoms with E-state index in [9.17, 15) is 4.79 Å². The largest absolute Gasteiger partial charge is 0.305 e. The molecule has 2 heterocycles. The number of aryl methyl sites for hydroxylation is 2. The van der Waals surface area contributed by atoms with Crippen LogP contribution in [0.1, 0.15) is 28.2 Å². The Morgan fingerprint density at radius 2 is 2.28 bits per heavy atom. The molecule has 0 unspecified atom stereocenters. The van der Waals surface area contributed by atoms with E-state index in [1.807, 2.05) is 7.05 Å². The quantitative estimate of drug-likeness (QED) is 0.852. The first kappa shape index (κ1) is 10.9. The summed E-state index contributed by atoms with van der Waals surface area (Å²) in [7, 11) is 1.84. The van der Waals surface area contributed by atoms with Gasteiger partial charge in [0.2, 0.25) is 0 Å².